The van der Waals surface area contributed by atoms with E-state index in [-0.39, 0.29) is 5.56 Å². The minimum Gasteiger partial charge on any atom is -0.478 e. The fraction of sp³-hybridized carbons (Fsp3) is 0.214. The third kappa shape index (κ3) is 3.48. The molecule has 0 fully saturated rings. The topological polar surface area (TPSA) is 63.1 Å². The molecule has 21 heavy (non-hydrogen) atoms. The summed E-state index contributed by atoms with van der Waals surface area (Å²) in [5.74, 6) is -1.06. The summed E-state index contributed by atoms with van der Waals surface area (Å²) in [6, 6.07) is 4.88. The Morgan fingerprint density at radius 3 is 2.33 bits per heavy atom. The van der Waals surface area contributed by atoms with Crippen LogP contribution in [0.2, 0.25) is 10.0 Å². The fourth-order valence-corrected chi connectivity index (χ4v) is 2.87. The summed E-state index contributed by atoms with van der Waals surface area (Å²) in [7, 11) is 0. The van der Waals surface area contributed by atoms with E-state index in [0.29, 0.717) is 38.6 Å². The Labute approximate surface area is 136 Å². The van der Waals surface area contributed by atoms with Crippen LogP contribution >= 0.6 is 35.0 Å². The van der Waals surface area contributed by atoms with Crippen LogP contribution in [0.5, 0.6) is 0 Å². The van der Waals surface area contributed by atoms with Crippen LogP contribution < -0.4 is 0 Å². The van der Waals surface area contributed by atoms with E-state index in [1.165, 1.54) is 11.8 Å². The molecule has 0 spiro atoms. The molecule has 7 heteroatoms. The highest BCUT2D eigenvalue weighted by atomic mass is 35.5. The van der Waals surface area contributed by atoms with E-state index in [1.807, 2.05) is 13.2 Å². The van der Waals surface area contributed by atoms with Gasteiger partial charge in [0.2, 0.25) is 0 Å². The molecule has 1 N–H and O–H groups in total. The van der Waals surface area contributed by atoms with Gasteiger partial charge in [0.1, 0.15) is 5.56 Å². The highest BCUT2D eigenvalue weighted by Crippen LogP contribution is 2.31. The number of nitrogens with zero attached hydrogens (tertiary/aromatic N) is 2. The van der Waals surface area contributed by atoms with Crippen molar-refractivity contribution in [2.75, 3.05) is 6.26 Å². The molecular formula is C14H12Cl2N2O2S. The van der Waals surface area contributed by atoms with Gasteiger partial charge in [0.15, 0.2) is 5.16 Å². The number of carboxylic acid groups (broad SMARTS) is 1. The third-order valence-corrected chi connectivity index (χ3v) is 3.81. The number of thioether (sulfide) groups is 1. The lowest BCUT2D eigenvalue weighted by Gasteiger charge is -2.11. The van der Waals surface area contributed by atoms with Crippen molar-refractivity contribution in [3.05, 3.63) is 39.5 Å². The first-order valence-corrected chi connectivity index (χ1v) is 8.09. The van der Waals surface area contributed by atoms with Crippen LogP contribution in [-0.2, 0) is 6.42 Å². The van der Waals surface area contributed by atoms with Crippen molar-refractivity contribution < 1.29 is 9.90 Å². The monoisotopic (exact) mass is 342 g/mol. The summed E-state index contributed by atoms with van der Waals surface area (Å²) in [4.78, 5) is 20.2. The standard InChI is InChI=1S/C14H12Cl2N2O2S/c1-3-10-11(13(19)20)12(18-14(17-10)21-2)7-4-8(15)6-9(16)5-7/h4-6H,3H2,1-2H3,(H,19,20). The second kappa shape index (κ2) is 6.64. The Bertz CT molecular complexity index is 687. The van der Waals surface area contributed by atoms with Crippen molar-refractivity contribution in [1.29, 1.82) is 0 Å². The van der Waals surface area contributed by atoms with E-state index >= 15 is 0 Å². The van der Waals surface area contributed by atoms with Gasteiger partial charge in [0, 0.05) is 15.6 Å². The molecule has 2 aromatic rings. The lowest BCUT2D eigenvalue weighted by molar-refractivity contribution is 0.0695. The summed E-state index contributed by atoms with van der Waals surface area (Å²) in [6.45, 7) is 1.85. The van der Waals surface area contributed by atoms with Gasteiger partial charge in [-0.3, -0.25) is 0 Å². The number of hydrogen-bond acceptors (Lipinski definition) is 4. The summed E-state index contributed by atoms with van der Waals surface area (Å²) < 4.78 is 0. The fourth-order valence-electron chi connectivity index (χ4n) is 1.96. The number of halogens is 2. The maximum Gasteiger partial charge on any atom is 0.339 e. The van der Waals surface area contributed by atoms with Crippen LogP contribution in [0.25, 0.3) is 11.3 Å². The zero-order chi connectivity index (χ0) is 15.6. The summed E-state index contributed by atoms with van der Waals surface area (Å²) in [6.07, 6.45) is 2.34. The van der Waals surface area contributed by atoms with Crippen molar-refractivity contribution in [3.8, 4) is 11.3 Å². The molecule has 0 radical (unpaired) electrons. The van der Waals surface area contributed by atoms with Crippen molar-refractivity contribution in [1.82, 2.24) is 9.97 Å². The van der Waals surface area contributed by atoms with Crippen LogP contribution in [0, 0.1) is 0 Å². The average Bonchev–Trinajstić information content (AvgIpc) is 2.44. The molecule has 0 saturated carbocycles. The molecule has 0 bridgehead atoms. The molecule has 0 saturated heterocycles. The Kier molecular flexibility index (Phi) is 5.08. The number of benzene rings is 1. The van der Waals surface area contributed by atoms with E-state index < -0.39 is 5.97 Å². The van der Waals surface area contributed by atoms with Crippen molar-refractivity contribution in [2.24, 2.45) is 0 Å². The van der Waals surface area contributed by atoms with Crippen LogP contribution in [0.15, 0.2) is 23.4 Å². The van der Waals surface area contributed by atoms with Gasteiger partial charge >= 0.3 is 5.97 Å². The minimum atomic E-state index is -1.06. The van der Waals surface area contributed by atoms with Crippen molar-refractivity contribution >= 4 is 40.9 Å². The van der Waals surface area contributed by atoms with E-state index in [4.69, 9.17) is 23.2 Å². The highest BCUT2D eigenvalue weighted by Gasteiger charge is 2.21. The van der Waals surface area contributed by atoms with E-state index in [1.54, 1.807) is 18.2 Å². The predicted molar refractivity (Wildman–Crippen MR) is 85.6 cm³/mol. The first kappa shape index (κ1) is 16.1. The second-order valence-electron chi connectivity index (χ2n) is 4.20. The number of aromatic carboxylic acids is 1. The van der Waals surface area contributed by atoms with E-state index in [0.717, 1.165) is 0 Å². The smallest absolute Gasteiger partial charge is 0.339 e. The lowest BCUT2D eigenvalue weighted by atomic mass is 10.0. The number of aryl methyl sites for hydroxylation is 1. The van der Waals surface area contributed by atoms with Gasteiger partial charge < -0.3 is 5.11 Å². The Hall–Kier alpha value is -1.30. The maximum absolute atomic E-state index is 11.6. The molecule has 4 nitrogen and oxygen atoms in total. The van der Waals surface area contributed by atoms with Gasteiger partial charge in [0.05, 0.1) is 11.4 Å². The SMILES string of the molecule is CCc1nc(SC)nc(-c2cc(Cl)cc(Cl)c2)c1C(=O)O. The third-order valence-electron chi connectivity index (χ3n) is 2.83. The molecule has 1 aromatic carbocycles. The molecule has 2 rings (SSSR count). The second-order valence-corrected chi connectivity index (χ2v) is 5.84. The van der Waals surface area contributed by atoms with Gasteiger partial charge in [0.25, 0.3) is 0 Å². The largest absolute Gasteiger partial charge is 0.478 e. The molecule has 0 aliphatic heterocycles. The van der Waals surface area contributed by atoms with Gasteiger partial charge in [-0.05, 0) is 30.9 Å². The number of aromatic nitrogens is 2. The molecule has 1 heterocycles. The molecule has 110 valence electrons. The minimum absolute atomic E-state index is 0.0913. The molecular weight excluding hydrogens is 331 g/mol. The number of carbonyl (C=O) groups is 1. The molecule has 0 atom stereocenters. The predicted octanol–water partition coefficient (Wildman–Crippen LogP) is 4.43. The molecule has 0 amide bonds. The van der Waals surface area contributed by atoms with Crippen LogP contribution in [-0.4, -0.2) is 27.3 Å². The number of rotatable bonds is 4. The number of hydrogen-bond donors (Lipinski definition) is 1. The van der Waals surface area contributed by atoms with E-state index in [9.17, 15) is 9.90 Å². The van der Waals surface area contributed by atoms with Gasteiger partial charge in [-0.15, -0.1) is 0 Å². The zero-order valence-electron chi connectivity index (χ0n) is 11.4. The first-order valence-electron chi connectivity index (χ1n) is 6.11. The summed E-state index contributed by atoms with van der Waals surface area (Å²) in [5, 5.41) is 10.9. The van der Waals surface area contributed by atoms with Crippen LogP contribution in [0.4, 0.5) is 0 Å². The molecule has 1 aromatic heterocycles. The first-order chi connectivity index (χ1) is 9.96. The van der Waals surface area contributed by atoms with E-state index in [2.05, 4.69) is 9.97 Å². The van der Waals surface area contributed by atoms with Gasteiger partial charge in [-0.1, -0.05) is 41.9 Å². The number of carboxylic acids is 1. The summed E-state index contributed by atoms with van der Waals surface area (Å²) >= 11 is 13.4. The van der Waals surface area contributed by atoms with Gasteiger partial charge in [-0.2, -0.15) is 0 Å². The Morgan fingerprint density at radius 1 is 1.24 bits per heavy atom. The Morgan fingerprint density at radius 2 is 1.86 bits per heavy atom. The zero-order valence-corrected chi connectivity index (χ0v) is 13.7. The van der Waals surface area contributed by atoms with Crippen molar-refractivity contribution in [2.45, 2.75) is 18.5 Å². The quantitative estimate of drug-likeness (QED) is 0.657. The molecule has 0 aliphatic rings. The van der Waals surface area contributed by atoms with Crippen molar-refractivity contribution in [3.63, 3.8) is 0 Å². The van der Waals surface area contributed by atoms with Crippen LogP contribution in [0.3, 0.4) is 0 Å². The highest BCUT2D eigenvalue weighted by molar-refractivity contribution is 7.98. The van der Waals surface area contributed by atoms with Gasteiger partial charge in [-0.25, -0.2) is 14.8 Å². The summed E-state index contributed by atoms with van der Waals surface area (Å²) in [5.41, 5.74) is 1.49. The average molecular weight is 343 g/mol. The normalized spacial score (nSPS) is 10.7. The Balaban J connectivity index is 2.78. The maximum atomic E-state index is 11.6. The lowest BCUT2D eigenvalue weighted by Crippen LogP contribution is -2.10. The van der Waals surface area contributed by atoms with Crippen LogP contribution in [0.1, 0.15) is 23.0 Å². The molecule has 0 unspecified atom stereocenters. The molecule has 0 aliphatic carbocycles.